The van der Waals surface area contributed by atoms with Crippen LogP contribution in [0.15, 0.2) is 32.8 Å². The van der Waals surface area contributed by atoms with E-state index in [1.165, 1.54) is 27.7 Å². The first-order chi connectivity index (χ1) is 11.4. The molecule has 1 amide bonds. The number of hydrogen-bond acceptors (Lipinski definition) is 6. The lowest BCUT2D eigenvalue weighted by Gasteiger charge is -2.17. The normalized spacial score (nSPS) is 12.5. The molecule has 0 saturated carbocycles. The van der Waals surface area contributed by atoms with Gasteiger partial charge in [-0.3, -0.25) is 14.2 Å². The number of carbonyl (C=O) groups excluding carboxylic acids is 1. The first-order valence-corrected chi connectivity index (χ1v) is 9.94. The monoisotopic (exact) mass is 379 g/mol. The molecule has 126 valence electrons. The first-order valence-electron chi connectivity index (χ1n) is 7.30. The van der Waals surface area contributed by atoms with E-state index in [1.54, 1.807) is 37.4 Å². The quantitative estimate of drug-likeness (QED) is 0.516. The van der Waals surface area contributed by atoms with Crippen LogP contribution >= 0.6 is 34.4 Å². The molecule has 0 bridgehead atoms. The van der Waals surface area contributed by atoms with E-state index in [-0.39, 0.29) is 16.7 Å². The van der Waals surface area contributed by atoms with Crippen LogP contribution in [0, 0.1) is 0 Å². The van der Waals surface area contributed by atoms with Crippen LogP contribution in [0.4, 0.5) is 0 Å². The fraction of sp³-hybridized carbons (Fsp3) is 0.312. The van der Waals surface area contributed by atoms with Crippen molar-refractivity contribution >= 4 is 50.6 Å². The minimum absolute atomic E-state index is 0.000185. The van der Waals surface area contributed by atoms with Gasteiger partial charge in [0.25, 0.3) is 5.56 Å². The molecule has 0 aromatic carbocycles. The maximum absolute atomic E-state index is 12.8. The van der Waals surface area contributed by atoms with Crippen molar-refractivity contribution in [2.75, 3.05) is 14.1 Å². The number of rotatable bonds is 4. The number of nitrogens with zero attached hydrogens (tertiary/aromatic N) is 3. The van der Waals surface area contributed by atoms with Gasteiger partial charge in [0.2, 0.25) is 5.91 Å². The molecular weight excluding hydrogens is 362 g/mol. The second-order valence-electron chi connectivity index (χ2n) is 5.56. The Morgan fingerprint density at radius 1 is 1.38 bits per heavy atom. The molecular formula is C16H17N3O2S3. The summed E-state index contributed by atoms with van der Waals surface area (Å²) in [5.74, 6) is -0.000185. The van der Waals surface area contributed by atoms with Gasteiger partial charge in [0, 0.05) is 37.0 Å². The minimum Gasteiger partial charge on any atom is -0.348 e. The molecule has 3 aromatic rings. The number of amides is 1. The Balaban J connectivity index is 2.06. The standard InChI is InChI=1S/C16H17N3O2S3/c1-9(14(20)18(2)3)24-16-17-13-12(15(21)19(16)4)10(8-23-13)11-6-5-7-22-11/h5-9H,1-4H3. The Morgan fingerprint density at radius 2 is 2.12 bits per heavy atom. The van der Waals surface area contributed by atoms with Gasteiger partial charge >= 0.3 is 0 Å². The van der Waals surface area contributed by atoms with Gasteiger partial charge in [0.1, 0.15) is 4.83 Å². The summed E-state index contributed by atoms with van der Waals surface area (Å²) >= 11 is 4.38. The highest BCUT2D eigenvalue weighted by Crippen LogP contribution is 2.34. The highest BCUT2D eigenvalue weighted by atomic mass is 32.2. The van der Waals surface area contributed by atoms with E-state index in [2.05, 4.69) is 4.98 Å². The van der Waals surface area contributed by atoms with Crippen molar-refractivity contribution in [3.8, 4) is 10.4 Å². The molecule has 1 unspecified atom stereocenters. The Morgan fingerprint density at radius 3 is 2.75 bits per heavy atom. The van der Waals surface area contributed by atoms with Gasteiger partial charge in [-0.05, 0) is 18.4 Å². The lowest BCUT2D eigenvalue weighted by molar-refractivity contribution is -0.127. The van der Waals surface area contributed by atoms with E-state index < -0.39 is 0 Å². The smallest absolute Gasteiger partial charge is 0.263 e. The Labute approximate surface area is 151 Å². The van der Waals surface area contributed by atoms with E-state index in [1.807, 2.05) is 29.8 Å². The van der Waals surface area contributed by atoms with E-state index in [0.717, 1.165) is 10.4 Å². The highest BCUT2D eigenvalue weighted by molar-refractivity contribution is 8.00. The van der Waals surface area contributed by atoms with Crippen LogP contribution in [0.25, 0.3) is 20.7 Å². The van der Waals surface area contributed by atoms with Crippen molar-refractivity contribution in [2.24, 2.45) is 7.05 Å². The van der Waals surface area contributed by atoms with Crippen LogP contribution in [0.1, 0.15) is 6.92 Å². The molecule has 0 N–H and O–H groups in total. The highest BCUT2D eigenvalue weighted by Gasteiger charge is 2.21. The zero-order valence-electron chi connectivity index (χ0n) is 13.8. The van der Waals surface area contributed by atoms with Gasteiger partial charge in [-0.25, -0.2) is 4.98 Å². The zero-order valence-corrected chi connectivity index (χ0v) is 16.2. The van der Waals surface area contributed by atoms with Gasteiger partial charge in [0.15, 0.2) is 5.16 Å². The average molecular weight is 380 g/mol. The molecule has 3 heterocycles. The third-order valence-corrected chi connectivity index (χ3v) is 6.54. The lowest BCUT2D eigenvalue weighted by atomic mass is 10.2. The Bertz CT molecular complexity index is 942. The maximum Gasteiger partial charge on any atom is 0.263 e. The van der Waals surface area contributed by atoms with E-state index in [0.29, 0.717) is 15.4 Å². The number of hydrogen-bond donors (Lipinski definition) is 0. The van der Waals surface area contributed by atoms with Crippen molar-refractivity contribution in [3.05, 3.63) is 33.2 Å². The third-order valence-electron chi connectivity index (χ3n) is 3.63. The van der Waals surface area contributed by atoms with Crippen molar-refractivity contribution in [1.29, 1.82) is 0 Å². The van der Waals surface area contributed by atoms with Crippen LogP contribution in [-0.2, 0) is 11.8 Å². The number of aromatic nitrogens is 2. The van der Waals surface area contributed by atoms with Crippen LogP contribution in [0.3, 0.4) is 0 Å². The average Bonchev–Trinajstić information content (AvgIpc) is 3.20. The second-order valence-corrected chi connectivity index (χ2v) is 8.67. The van der Waals surface area contributed by atoms with E-state index >= 15 is 0 Å². The molecule has 0 fully saturated rings. The fourth-order valence-corrected chi connectivity index (χ4v) is 5.17. The molecule has 5 nitrogen and oxygen atoms in total. The molecule has 3 rings (SSSR count). The predicted octanol–water partition coefficient (Wildman–Crippen LogP) is 3.29. The van der Waals surface area contributed by atoms with Crippen LogP contribution < -0.4 is 5.56 Å². The summed E-state index contributed by atoms with van der Waals surface area (Å²) in [6.07, 6.45) is 0. The first kappa shape index (κ1) is 17.2. The summed E-state index contributed by atoms with van der Waals surface area (Å²) in [5, 5.41) is 4.89. The van der Waals surface area contributed by atoms with E-state index in [9.17, 15) is 9.59 Å². The SMILES string of the molecule is CC(Sc1nc2scc(-c3cccs3)c2c(=O)n1C)C(=O)N(C)C. The number of fused-ring (bicyclic) bond motifs is 1. The lowest BCUT2D eigenvalue weighted by Crippen LogP contribution is -2.30. The molecule has 0 saturated heterocycles. The van der Waals surface area contributed by atoms with Gasteiger partial charge in [-0.1, -0.05) is 17.8 Å². The van der Waals surface area contributed by atoms with Crippen molar-refractivity contribution in [2.45, 2.75) is 17.3 Å². The zero-order chi connectivity index (χ0) is 17.4. The molecule has 0 radical (unpaired) electrons. The van der Waals surface area contributed by atoms with Gasteiger partial charge in [0.05, 0.1) is 10.6 Å². The molecule has 0 spiro atoms. The predicted molar refractivity (Wildman–Crippen MR) is 102 cm³/mol. The second kappa shape index (κ2) is 6.70. The van der Waals surface area contributed by atoms with Gasteiger partial charge in [-0.15, -0.1) is 22.7 Å². The maximum atomic E-state index is 12.8. The van der Waals surface area contributed by atoms with Crippen molar-refractivity contribution in [1.82, 2.24) is 14.5 Å². The topological polar surface area (TPSA) is 55.2 Å². The number of thiophene rings is 2. The molecule has 0 aliphatic rings. The molecule has 8 heteroatoms. The third kappa shape index (κ3) is 3.01. The van der Waals surface area contributed by atoms with Gasteiger partial charge in [-0.2, -0.15) is 0 Å². The summed E-state index contributed by atoms with van der Waals surface area (Å²) in [4.78, 5) is 32.9. The summed E-state index contributed by atoms with van der Waals surface area (Å²) < 4.78 is 1.54. The van der Waals surface area contributed by atoms with Crippen LogP contribution in [-0.4, -0.2) is 39.7 Å². The Hall–Kier alpha value is -1.64. The van der Waals surface area contributed by atoms with Crippen molar-refractivity contribution < 1.29 is 4.79 Å². The summed E-state index contributed by atoms with van der Waals surface area (Å²) in [6, 6.07) is 3.98. The summed E-state index contributed by atoms with van der Waals surface area (Å²) in [5.41, 5.74) is 0.865. The van der Waals surface area contributed by atoms with E-state index in [4.69, 9.17) is 0 Å². The molecule has 0 aliphatic carbocycles. The summed E-state index contributed by atoms with van der Waals surface area (Å²) in [7, 11) is 5.16. The number of thioether (sulfide) groups is 1. The molecule has 0 aliphatic heterocycles. The largest absolute Gasteiger partial charge is 0.348 e. The fourth-order valence-electron chi connectivity index (χ4n) is 2.34. The molecule has 3 aromatic heterocycles. The van der Waals surface area contributed by atoms with Crippen LogP contribution in [0.5, 0.6) is 0 Å². The summed E-state index contributed by atoms with van der Waals surface area (Å²) in [6.45, 7) is 1.83. The number of carbonyl (C=O) groups is 1. The van der Waals surface area contributed by atoms with Crippen LogP contribution in [0.2, 0.25) is 0 Å². The molecule has 1 atom stereocenters. The van der Waals surface area contributed by atoms with Crippen molar-refractivity contribution in [3.63, 3.8) is 0 Å². The van der Waals surface area contributed by atoms with Gasteiger partial charge < -0.3 is 4.90 Å². The Kier molecular flexibility index (Phi) is 4.80. The molecule has 24 heavy (non-hydrogen) atoms. The minimum atomic E-state index is -0.299.